The molecule has 1 atom stereocenters. The molecule has 2 nitrogen and oxygen atoms in total. The zero-order valence-corrected chi connectivity index (χ0v) is 13.2. The maximum atomic E-state index is 3.73. The summed E-state index contributed by atoms with van der Waals surface area (Å²) in [5.74, 6) is 0. The van der Waals surface area contributed by atoms with Gasteiger partial charge in [-0.05, 0) is 60.9 Å². The Kier molecular flexibility index (Phi) is 3.76. The van der Waals surface area contributed by atoms with Crippen molar-refractivity contribution in [2.75, 3.05) is 24.5 Å². The van der Waals surface area contributed by atoms with Gasteiger partial charge in [-0.25, -0.2) is 0 Å². The van der Waals surface area contributed by atoms with Crippen LogP contribution in [0.25, 0.3) is 0 Å². The lowest BCUT2D eigenvalue weighted by atomic mass is 9.86. The second-order valence-corrected chi connectivity index (χ2v) is 7.48. The zero-order valence-electron chi connectivity index (χ0n) is 13.2. The van der Waals surface area contributed by atoms with Gasteiger partial charge < -0.3 is 10.2 Å². The van der Waals surface area contributed by atoms with E-state index in [0.29, 0.717) is 11.5 Å². The Morgan fingerprint density at radius 3 is 2.70 bits per heavy atom. The van der Waals surface area contributed by atoms with Gasteiger partial charge in [0.05, 0.1) is 0 Å². The number of rotatable bonds is 1. The maximum absolute atomic E-state index is 3.73. The van der Waals surface area contributed by atoms with Gasteiger partial charge in [0.15, 0.2) is 0 Å². The number of benzene rings is 1. The Hall–Kier alpha value is -1.02. The second kappa shape index (κ2) is 5.40. The molecule has 1 heterocycles. The SMILES string of the molecule is CC(C)(C)C1CN(c2ccc3c(c2)CCC3)CCCN1. The first-order chi connectivity index (χ1) is 9.54. The summed E-state index contributed by atoms with van der Waals surface area (Å²) in [6, 6.07) is 7.73. The fraction of sp³-hybridized carbons (Fsp3) is 0.667. The molecule has 1 saturated heterocycles. The van der Waals surface area contributed by atoms with Crippen molar-refractivity contribution in [3.8, 4) is 0 Å². The summed E-state index contributed by atoms with van der Waals surface area (Å²) in [6.45, 7) is 10.5. The highest BCUT2D eigenvalue weighted by Gasteiger charge is 2.28. The Morgan fingerprint density at radius 1 is 1.10 bits per heavy atom. The fourth-order valence-electron chi connectivity index (χ4n) is 3.49. The number of fused-ring (bicyclic) bond motifs is 1. The van der Waals surface area contributed by atoms with Crippen molar-refractivity contribution in [2.45, 2.75) is 52.5 Å². The van der Waals surface area contributed by atoms with Crippen LogP contribution in [0, 0.1) is 5.41 Å². The highest BCUT2D eigenvalue weighted by atomic mass is 15.2. The van der Waals surface area contributed by atoms with E-state index in [9.17, 15) is 0 Å². The van der Waals surface area contributed by atoms with E-state index in [0.717, 1.165) is 13.1 Å². The predicted molar refractivity (Wildman–Crippen MR) is 86.5 cm³/mol. The van der Waals surface area contributed by atoms with Crippen molar-refractivity contribution in [1.29, 1.82) is 0 Å². The molecule has 2 aliphatic rings. The molecule has 110 valence electrons. The third kappa shape index (κ3) is 2.85. The first kappa shape index (κ1) is 13.9. The third-order valence-corrected chi connectivity index (χ3v) is 4.89. The molecule has 1 aliphatic carbocycles. The smallest absolute Gasteiger partial charge is 0.0369 e. The van der Waals surface area contributed by atoms with E-state index in [-0.39, 0.29) is 0 Å². The van der Waals surface area contributed by atoms with E-state index >= 15 is 0 Å². The lowest BCUT2D eigenvalue weighted by Gasteiger charge is -2.34. The first-order valence-corrected chi connectivity index (χ1v) is 8.14. The summed E-state index contributed by atoms with van der Waals surface area (Å²) in [5.41, 5.74) is 4.92. The van der Waals surface area contributed by atoms with Crippen LogP contribution in [-0.2, 0) is 12.8 Å². The molecule has 20 heavy (non-hydrogen) atoms. The summed E-state index contributed by atoms with van der Waals surface area (Å²) >= 11 is 0. The third-order valence-electron chi connectivity index (χ3n) is 4.89. The minimum absolute atomic E-state index is 0.319. The summed E-state index contributed by atoms with van der Waals surface area (Å²) < 4.78 is 0. The molecule has 3 rings (SSSR count). The normalized spacial score (nSPS) is 23.6. The fourth-order valence-corrected chi connectivity index (χ4v) is 3.49. The number of anilines is 1. The van der Waals surface area contributed by atoms with E-state index in [1.165, 1.54) is 37.9 Å². The molecule has 1 aliphatic heterocycles. The molecule has 0 bridgehead atoms. The van der Waals surface area contributed by atoms with Crippen LogP contribution in [-0.4, -0.2) is 25.7 Å². The Bertz CT molecular complexity index is 473. The highest BCUT2D eigenvalue weighted by Crippen LogP contribution is 2.29. The van der Waals surface area contributed by atoms with Gasteiger partial charge >= 0.3 is 0 Å². The van der Waals surface area contributed by atoms with Gasteiger partial charge in [-0.3, -0.25) is 0 Å². The Morgan fingerprint density at radius 2 is 1.90 bits per heavy atom. The molecule has 1 fully saturated rings. The zero-order chi connectivity index (χ0) is 14.2. The molecule has 0 aromatic heterocycles. The van der Waals surface area contributed by atoms with Gasteiger partial charge in [-0.15, -0.1) is 0 Å². The van der Waals surface area contributed by atoms with Crippen molar-refractivity contribution < 1.29 is 0 Å². The quantitative estimate of drug-likeness (QED) is 0.843. The standard InChI is InChI=1S/C18H28N2/c1-18(2,3)17-13-20(11-5-10-19-17)16-9-8-14-6-4-7-15(14)12-16/h8-9,12,17,19H,4-7,10-11,13H2,1-3H3. The lowest BCUT2D eigenvalue weighted by Crippen LogP contribution is -2.46. The van der Waals surface area contributed by atoms with E-state index in [2.05, 4.69) is 49.2 Å². The van der Waals surface area contributed by atoms with E-state index in [4.69, 9.17) is 0 Å². The Balaban J connectivity index is 1.81. The van der Waals surface area contributed by atoms with Crippen LogP contribution in [0.4, 0.5) is 5.69 Å². The molecule has 0 spiro atoms. The van der Waals surface area contributed by atoms with Crippen molar-refractivity contribution in [2.24, 2.45) is 5.41 Å². The molecule has 1 aromatic carbocycles. The van der Waals surface area contributed by atoms with Crippen LogP contribution < -0.4 is 10.2 Å². The molecule has 2 heteroatoms. The van der Waals surface area contributed by atoms with Crippen LogP contribution in [0.3, 0.4) is 0 Å². The average molecular weight is 272 g/mol. The van der Waals surface area contributed by atoms with Gasteiger partial charge in [0.2, 0.25) is 0 Å². The number of hydrogen-bond acceptors (Lipinski definition) is 2. The molecule has 1 unspecified atom stereocenters. The van der Waals surface area contributed by atoms with Crippen LogP contribution in [0.1, 0.15) is 44.7 Å². The van der Waals surface area contributed by atoms with Crippen molar-refractivity contribution >= 4 is 5.69 Å². The highest BCUT2D eigenvalue weighted by molar-refractivity contribution is 5.52. The molecule has 0 saturated carbocycles. The number of nitrogens with one attached hydrogen (secondary N) is 1. The topological polar surface area (TPSA) is 15.3 Å². The number of nitrogens with zero attached hydrogens (tertiary/aromatic N) is 1. The molecule has 0 amide bonds. The van der Waals surface area contributed by atoms with Gasteiger partial charge in [0.1, 0.15) is 0 Å². The van der Waals surface area contributed by atoms with E-state index in [1.807, 2.05) is 0 Å². The number of aryl methyl sites for hydroxylation is 2. The van der Waals surface area contributed by atoms with Crippen LogP contribution in [0.5, 0.6) is 0 Å². The lowest BCUT2D eigenvalue weighted by molar-refractivity contribution is 0.280. The van der Waals surface area contributed by atoms with Gasteiger partial charge in [0, 0.05) is 24.8 Å². The molecular formula is C18H28N2. The predicted octanol–water partition coefficient (Wildman–Crippen LogP) is 3.39. The minimum atomic E-state index is 0.319. The largest absolute Gasteiger partial charge is 0.370 e. The van der Waals surface area contributed by atoms with Crippen LogP contribution >= 0.6 is 0 Å². The second-order valence-electron chi connectivity index (χ2n) is 7.48. The molecular weight excluding hydrogens is 244 g/mol. The van der Waals surface area contributed by atoms with E-state index < -0.39 is 0 Å². The summed E-state index contributed by atoms with van der Waals surface area (Å²) in [5, 5.41) is 3.73. The van der Waals surface area contributed by atoms with Crippen molar-refractivity contribution in [3.63, 3.8) is 0 Å². The van der Waals surface area contributed by atoms with Gasteiger partial charge in [-0.2, -0.15) is 0 Å². The van der Waals surface area contributed by atoms with Crippen LogP contribution in [0.2, 0.25) is 0 Å². The Labute approximate surface area is 123 Å². The molecule has 1 aromatic rings. The molecule has 1 N–H and O–H groups in total. The number of hydrogen-bond donors (Lipinski definition) is 1. The van der Waals surface area contributed by atoms with Crippen LogP contribution in [0.15, 0.2) is 18.2 Å². The summed E-state index contributed by atoms with van der Waals surface area (Å²) in [7, 11) is 0. The first-order valence-electron chi connectivity index (χ1n) is 8.14. The van der Waals surface area contributed by atoms with Crippen molar-refractivity contribution in [3.05, 3.63) is 29.3 Å². The average Bonchev–Trinajstić information content (AvgIpc) is 2.70. The van der Waals surface area contributed by atoms with Gasteiger partial charge in [0.25, 0.3) is 0 Å². The van der Waals surface area contributed by atoms with E-state index in [1.54, 1.807) is 11.1 Å². The summed E-state index contributed by atoms with van der Waals surface area (Å²) in [4.78, 5) is 2.59. The van der Waals surface area contributed by atoms with Crippen molar-refractivity contribution in [1.82, 2.24) is 5.32 Å². The molecule has 0 radical (unpaired) electrons. The maximum Gasteiger partial charge on any atom is 0.0369 e. The summed E-state index contributed by atoms with van der Waals surface area (Å²) in [6.07, 6.45) is 5.13. The van der Waals surface area contributed by atoms with Gasteiger partial charge in [-0.1, -0.05) is 26.8 Å². The monoisotopic (exact) mass is 272 g/mol. The minimum Gasteiger partial charge on any atom is -0.370 e.